The molecule has 1 aromatic rings. The Labute approximate surface area is 146 Å². The molecule has 0 bridgehead atoms. The average Bonchev–Trinajstić information content (AvgIpc) is 3.15. The SMILES string of the molecule is COC(CNC(=O)N1C[C@@H]2CCC[C@@]2(C(=O)O)C1)c1ccc(F)cc1. The molecular weight excluding hydrogens is 327 g/mol. The summed E-state index contributed by atoms with van der Waals surface area (Å²) >= 11 is 0. The third kappa shape index (κ3) is 3.33. The number of carbonyl (C=O) groups excluding carboxylic acids is 1. The molecule has 7 heteroatoms. The third-order valence-corrected chi connectivity index (χ3v) is 5.55. The summed E-state index contributed by atoms with van der Waals surface area (Å²) in [6, 6.07) is 5.66. The molecule has 0 spiro atoms. The van der Waals surface area contributed by atoms with Crippen molar-refractivity contribution in [1.82, 2.24) is 10.2 Å². The molecule has 2 aliphatic rings. The van der Waals surface area contributed by atoms with Crippen molar-refractivity contribution in [2.75, 3.05) is 26.7 Å². The van der Waals surface area contributed by atoms with Crippen LogP contribution in [0.25, 0.3) is 0 Å². The highest BCUT2D eigenvalue weighted by atomic mass is 19.1. The number of carboxylic acid groups (broad SMARTS) is 1. The smallest absolute Gasteiger partial charge is 0.317 e. The Morgan fingerprint density at radius 3 is 2.76 bits per heavy atom. The van der Waals surface area contributed by atoms with Crippen LogP contribution in [-0.2, 0) is 9.53 Å². The third-order valence-electron chi connectivity index (χ3n) is 5.55. The number of carboxylic acids is 1. The molecule has 1 saturated heterocycles. The fourth-order valence-corrected chi connectivity index (χ4v) is 4.10. The molecule has 2 N–H and O–H groups in total. The Morgan fingerprint density at radius 2 is 2.16 bits per heavy atom. The van der Waals surface area contributed by atoms with Gasteiger partial charge in [0.05, 0.1) is 11.5 Å². The Balaban J connectivity index is 1.59. The molecule has 1 aliphatic carbocycles. The number of amides is 2. The fourth-order valence-electron chi connectivity index (χ4n) is 4.10. The van der Waals surface area contributed by atoms with Crippen LogP contribution in [0.5, 0.6) is 0 Å². The van der Waals surface area contributed by atoms with Crippen molar-refractivity contribution >= 4 is 12.0 Å². The predicted molar refractivity (Wildman–Crippen MR) is 88.5 cm³/mol. The lowest BCUT2D eigenvalue weighted by molar-refractivity contribution is -0.149. The van der Waals surface area contributed by atoms with E-state index in [1.165, 1.54) is 19.2 Å². The highest BCUT2D eigenvalue weighted by Crippen LogP contribution is 2.48. The van der Waals surface area contributed by atoms with Crippen molar-refractivity contribution in [2.45, 2.75) is 25.4 Å². The number of hydrogen-bond acceptors (Lipinski definition) is 3. The van der Waals surface area contributed by atoms with E-state index in [-0.39, 0.29) is 37.0 Å². The van der Waals surface area contributed by atoms with Crippen LogP contribution in [0.3, 0.4) is 0 Å². The van der Waals surface area contributed by atoms with Crippen molar-refractivity contribution in [3.8, 4) is 0 Å². The first-order valence-electron chi connectivity index (χ1n) is 8.50. The number of benzene rings is 1. The molecule has 3 rings (SSSR count). The molecule has 25 heavy (non-hydrogen) atoms. The molecule has 0 radical (unpaired) electrons. The quantitative estimate of drug-likeness (QED) is 0.855. The van der Waals surface area contributed by atoms with Crippen molar-refractivity contribution in [2.24, 2.45) is 11.3 Å². The zero-order valence-electron chi connectivity index (χ0n) is 14.2. The van der Waals surface area contributed by atoms with Gasteiger partial charge >= 0.3 is 12.0 Å². The van der Waals surface area contributed by atoms with Gasteiger partial charge in [-0.2, -0.15) is 0 Å². The Kier molecular flexibility index (Phi) is 4.94. The maximum atomic E-state index is 13.0. The number of methoxy groups -OCH3 is 1. The zero-order chi connectivity index (χ0) is 18.0. The second kappa shape index (κ2) is 7.00. The average molecular weight is 350 g/mol. The predicted octanol–water partition coefficient (Wildman–Crippen LogP) is 2.41. The van der Waals surface area contributed by atoms with Gasteiger partial charge in [-0.25, -0.2) is 9.18 Å². The van der Waals surface area contributed by atoms with E-state index in [0.29, 0.717) is 13.0 Å². The summed E-state index contributed by atoms with van der Waals surface area (Å²) in [5.74, 6) is -1.09. The van der Waals surface area contributed by atoms with Gasteiger partial charge in [0.1, 0.15) is 5.82 Å². The molecule has 2 fully saturated rings. The molecule has 1 heterocycles. The number of ether oxygens (including phenoxy) is 1. The summed E-state index contributed by atoms with van der Waals surface area (Å²) in [6.45, 7) is 0.974. The summed E-state index contributed by atoms with van der Waals surface area (Å²) in [7, 11) is 1.53. The maximum absolute atomic E-state index is 13.0. The van der Waals surface area contributed by atoms with E-state index in [4.69, 9.17) is 4.74 Å². The molecule has 1 unspecified atom stereocenters. The van der Waals surface area contributed by atoms with Gasteiger partial charge in [0.2, 0.25) is 0 Å². The number of hydrogen-bond donors (Lipinski definition) is 2. The van der Waals surface area contributed by atoms with Crippen LogP contribution in [0.15, 0.2) is 24.3 Å². The first kappa shape index (κ1) is 17.7. The first-order chi connectivity index (χ1) is 12.0. The second-order valence-electron chi connectivity index (χ2n) is 6.89. The number of aliphatic carboxylic acids is 1. The molecule has 6 nitrogen and oxygen atoms in total. The van der Waals surface area contributed by atoms with E-state index in [1.807, 2.05) is 0 Å². The lowest BCUT2D eigenvalue weighted by Gasteiger charge is -2.24. The highest BCUT2D eigenvalue weighted by Gasteiger charge is 2.55. The standard InChI is InChI=1S/C18H23FN2O4/c1-25-15(12-4-6-14(19)7-5-12)9-20-17(24)21-10-13-3-2-8-18(13,11-21)16(22)23/h4-7,13,15H,2-3,8-11H2,1H3,(H,20,24)(H,22,23)/t13-,15?,18+/m0/s1. The van der Waals surface area contributed by atoms with Crippen LogP contribution in [0.2, 0.25) is 0 Å². The summed E-state index contributed by atoms with van der Waals surface area (Å²) in [5.41, 5.74) is -0.0147. The van der Waals surface area contributed by atoms with E-state index in [2.05, 4.69) is 5.32 Å². The molecule has 3 atom stereocenters. The number of nitrogens with zero attached hydrogens (tertiary/aromatic N) is 1. The number of nitrogens with one attached hydrogen (secondary N) is 1. The second-order valence-corrected chi connectivity index (χ2v) is 6.89. The van der Waals surface area contributed by atoms with Crippen LogP contribution in [0.1, 0.15) is 30.9 Å². The topological polar surface area (TPSA) is 78.9 Å². The van der Waals surface area contributed by atoms with Crippen molar-refractivity contribution in [3.63, 3.8) is 0 Å². The fraction of sp³-hybridized carbons (Fsp3) is 0.556. The summed E-state index contributed by atoms with van der Waals surface area (Å²) in [5, 5.41) is 12.4. The minimum absolute atomic E-state index is 0.0334. The lowest BCUT2D eigenvalue weighted by atomic mass is 9.81. The monoisotopic (exact) mass is 350 g/mol. The molecule has 136 valence electrons. The van der Waals surface area contributed by atoms with Crippen LogP contribution in [0, 0.1) is 17.2 Å². The Bertz CT molecular complexity index is 651. The molecule has 2 amide bonds. The summed E-state index contributed by atoms with van der Waals surface area (Å²) in [6.07, 6.45) is 2.00. The number of urea groups is 1. The Hall–Kier alpha value is -2.15. The lowest BCUT2D eigenvalue weighted by Crippen LogP contribution is -2.43. The van der Waals surface area contributed by atoms with Gasteiger partial charge in [0.15, 0.2) is 0 Å². The van der Waals surface area contributed by atoms with Gasteiger partial charge in [0, 0.05) is 26.7 Å². The van der Waals surface area contributed by atoms with Gasteiger partial charge in [-0.15, -0.1) is 0 Å². The Morgan fingerprint density at radius 1 is 1.44 bits per heavy atom. The minimum atomic E-state index is -0.800. The maximum Gasteiger partial charge on any atom is 0.317 e. The van der Waals surface area contributed by atoms with Gasteiger partial charge in [-0.3, -0.25) is 4.79 Å². The van der Waals surface area contributed by atoms with Gasteiger partial charge < -0.3 is 20.1 Å². The van der Waals surface area contributed by atoms with Gasteiger partial charge in [0.25, 0.3) is 0 Å². The molecule has 1 saturated carbocycles. The van der Waals surface area contributed by atoms with Crippen molar-refractivity contribution < 1.29 is 23.8 Å². The first-order valence-corrected chi connectivity index (χ1v) is 8.50. The number of likely N-dealkylation sites (tertiary alicyclic amines) is 1. The van der Waals surface area contributed by atoms with Crippen molar-refractivity contribution in [1.29, 1.82) is 0 Å². The normalized spacial score (nSPS) is 26.3. The number of carbonyl (C=O) groups is 2. The summed E-state index contributed by atoms with van der Waals surface area (Å²) in [4.78, 5) is 25.7. The van der Waals surface area contributed by atoms with Crippen molar-refractivity contribution in [3.05, 3.63) is 35.6 Å². The number of fused-ring (bicyclic) bond motifs is 1. The van der Waals surface area contributed by atoms with Gasteiger partial charge in [-0.1, -0.05) is 18.6 Å². The highest BCUT2D eigenvalue weighted by molar-refractivity contribution is 5.80. The molecular formula is C18H23FN2O4. The van der Waals surface area contributed by atoms with E-state index in [9.17, 15) is 19.1 Å². The number of rotatable bonds is 5. The largest absolute Gasteiger partial charge is 0.481 e. The minimum Gasteiger partial charge on any atom is -0.481 e. The van der Waals surface area contributed by atoms with Gasteiger partial charge in [-0.05, 0) is 36.5 Å². The molecule has 1 aromatic carbocycles. The van der Waals surface area contributed by atoms with E-state index >= 15 is 0 Å². The number of halogens is 1. The van der Waals surface area contributed by atoms with Crippen LogP contribution < -0.4 is 5.32 Å². The molecule has 0 aromatic heterocycles. The zero-order valence-corrected chi connectivity index (χ0v) is 14.2. The van der Waals surface area contributed by atoms with Crippen LogP contribution in [0.4, 0.5) is 9.18 Å². The van der Waals surface area contributed by atoms with E-state index in [0.717, 1.165) is 18.4 Å². The van der Waals surface area contributed by atoms with Crippen LogP contribution >= 0.6 is 0 Å². The van der Waals surface area contributed by atoms with Crippen LogP contribution in [-0.4, -0.2) is 48.8 Å². The van der Waals surface area contributed by atoms with E-state index < -0.39 is 11.4 Å². The molecule has 1 aliphatic heterocycles. The summed E-state index contributed by atoms with van der Waals surface area (Å²) < 4.78 is 18.4. The van der Waals surface area contributed by atoms with E-state index in [1.54, 1.807) is 17.0 Å².